The first kappa shape index (κ1) is 14.5. The summed E-state index contributed by atoms with van der Waals surface area (Å²) in [6.07, 6.45) is 3.43. The molecule has 0 bridgehead atoms. The summed E-state index contributed by atoms with van der Waals surface area (Å²) in [7, 11) is 0. The lowest BCUT2D eigenvalue weighted by atomic mass is 10.0. The summed E-state index contributed by atoms with van der Waals surface area (Å²) in [5.41, 5.74) is 2.52. The van der Waals surface area contributed by atoms with Crippen LogP contribution in [0.25, 0.3) is 11.1 Å². The van der Waals surface area contributed by atoms with Crippen LogP contribution in [-0.4, -0.2) is 18.1 Å². The molecule has 0 atom stereocenters. The lowest BCUT2D eigenvalue weighted by molar-refractivity contribution is 0.339. The van der Waals surface area contributed by atoms with Gasteiger partial charge in [0.15, 0.2) is 0 Å². The van der Waals surface area contributed by atoms with Crippen LogP contribution in [0.15, 0.2) is 36.7 Å². The summed E-state index contributed by atoms with van der Waals surface area (Å²) >= 11 is 0. The van der Waals surface area contributed by atoms with Gasteiger partial charge in [-0.2, -0.15) is 0 Å². The van der Waals surface area contributed by atoms with E-state index in [0.717, 1.165) is 23.4 Å². The molecule has 0 aliphatic rings. The summed E-state index contributed by atoms with van der Waals surface area (Å²) in [4.78, 5) is 4.16. The van der Waals surface area contributed by atoms with E-state index >= 15 is 0 Å². The number of ether oxygens (including phenoxy) is 1. The Hall–Kier alpha value is -1.94. The van der Waals surface area contributed by atoms with Gasteiger partial charge < -0.3 is 10.1 Å². The smallest absolute Gasteiger partial charge is 0.138 e. The fourth-order valence-corrected chi connectivity index (χ4v) is 1.97. The Morgan fingerprint density at radius 1 is 1.15 bits per heavy atom. The molecule has 2 rings (SSSR count). The van der Waals surface area contributed by atoms with Crippen molar-refractivity contribution in [2.24, 2.45) is 0 Å². The molecular weight excluding hydrogens is 255 g/mol. The van der Waals surface area contributed by atoms with Gasteiger partial charge in [-0.05, 0) is 37.2 Å². The highest BCUT2D eigenvalue weighted by Gasteiger charge is 2.06. The molecule has 106 valence electrons. The lowest BCUT2D eigenvalue weighted by Gasteiger charge is -2.09. The Bertz CT molecular complexity index is 572. The van der Waals surface area contributed by atoms with Gasteiger partial charge in [0.1, 0.15) is 11.6 Å². The topological polar surface area (TPSA) is 34.2 Å². The van der Waals surface area contributed by atoms with Crippen molar-refractivity contribution >= 4 is 0 Å². The van der Waals surface area contributed by atoms with E-state index in [0.29, 0.717) is 18.7 Å². The molecule has 3 nitrogen and oxygen atoms in total. The number of hydrogen-bond donors (Lipinski definition) is 1. The van der Waals surface area contributed by atoms with Gasteiger partial charge in [-0.3, -0.25) is 4.98 Å². The summed E-state index contributed by atoms with van der Waals surface area (Å²) in [6.45, 7) is 5.86. The van der Waals surface area contributed by atoms with Crippen molar-refractivity contribution in [3.8, 4) is 16.9 Å². The molecule has 0 aliphatic carbocycles. The fraction of sp³-hybridized carbons (Fsp3) is 0.312. The third-order valence-corrected chi connectivity index (χ3v) is 2.97. The third kappa shape index (κ3) is 3.54. The molecule has 0 unspecified atom stereocenters. The Balaban J connectivity index is 2.30. The Morgan fingerprint density at radius 2 is 2.00 bits per heavy atom. The highest BCUT2D eigenvalue weighted by Crippen LogP contribution is 2.24. The maximum atomic E-state index is 13.7. The zero-order valence-corrected chi connectivity index (χ0v) is 11.8. The van der Waals surface area contributed by atoms with Gasteiger partial charge in [0, 0.05) is 23.9 Å². The van der Waals surface area contributed by atoms with E-state index < -0.39 is 0 Å². The number of rotatable bonds is 6. The van der Waals surface area contributed by atoms with Gasteiger partial charge in [-0.15, -0.1) is 0 Å². The van der Waals surface area contributed by atoms with Crippen LogP contribution in [0, 0.1) is 5.82 Å². The quantitative estimate of drug-likeness (QED) is 0.876. The molecule has 1 aromatic carbocycles. The predicted octanol–water partition coefficient (Wildman–Crippen LogP) is 3.40. The number of hydrogen-bond acceptors (Lipinski definition) is 3. The summed E-state index contributed by atoms with van der Waals surface area (Å²) < 4.78 is 19.2. The number of aromatic nitrogens is 1. The average Bonchev–Trinajstić information content (AvgIpc) is 2.47. The molecule has 1 aromatic heterocycles. The zero-order valence-electron chi connectivity index (χ0n) is 11.8. The van der Waals surface area contributed by atoms with E-state index in [1.54, 1.807) is 18.5 Å². The van der Waals surface area contributed by atoms with Crippen molar-refractivity contribution in [2.75, 3.05) is 13.2 Å². The van der Waals surface area contributed by atoms with Gasteiger partial charge in [0.2, 0.25) is 0 Å². The third-order valence-electron chi connectivity index (χ3n) is 2.97. The van der Waals surface area contributed by atoms with Crippen molar-refractivity contribution in [1.29, 1.82) is 0 Å². The molecule has 0 fully saturated rings. The SMILES string of the molecule is CCNCc1cc(-c2cncc(OCC)c2)ccc1F. The van der Waals surface area contributed by atoms with E-state index in [1.807, 2.05) is 26.0 Å². The number of halogens is 1. The molecule has 4 heteroatoms. The standard InChI is InChI=1S/C16H19FN2O/c1-3-18-10-14-7-12(5-6-16(14)17)13-8-15(20-4-2)11-19-9-13/h5-9,11,18H,3-4,10H2,1-2H3. The molecule has 0 amide bonds. The summed E-state index contributed by atoms with van der Waals surface area (Å²) in [5.74, 6) is 0.534. The van der Waals surface area contributed by atoms with Crippen molar-refractivity contribution in [3.63, 3.8) is 0 Å². The molecule has 0 saturated carbocycles. The van der Waals surface area contributed by atoms with Gasteiger partial charge in [-0.25, -0.2) is 4.39 Å². The van der Waals surface area contributed by atoms with E-state index in [1.165, 1.54) is 6.07 Å². The van der Waals surface area contributed by atoms with Crippen molar-refractivity contribution in [1.82, 2.24) is 10.3 Å². The van der Waals surface area contributed by atoms with Crippen molar-refractivity contribution in [2.45, 2.75) is 20.4 Å². The Labute approximate surface area is 118 Å². The number of nitrogens with zero attached hydrogens (tertiary/aromatic N) is 1. The van der Waals surface area contributed by atoms with Gasteiger partial charge >= 0.3 is 0 Å². The largest absolute Gasteiger partial charge is 0.492 e. The summed E-state index contributed by atoms with van der Waals surface area (Å²) in [6, 6.07) is 7.03. The van der Waals surface area contributed by atoms with Crippen LogP contribution in [0.3, 0.4) is 0 Å². The second-order valence-electron chi connectivity index (χ2n) is 4.43. The molecule has 1 heterocycles. The number of nitrogens with one attached hydrogen (secondary N) is 1. The number of benzene rings is 1. The minimum absolute atomic E-state index is 0.191. The van der Waals surface area contributed by atoms with E-state index in [2.05, 4.69) is 10.3 Å². The predicted molar refractivity (Wildman–Crippen MR) is 78.2 cm³/mol. The van der Waals surface area contributed by atoms with Crippen molar-refractivity contribution < 1.29 is 9.13 Å². The Kier molecular flexibility index (Phi) is 5.07. The molecule has 2 aromatic rings. The van der Waals surface area contributed by atoms with Gasteiger partial charge in [-0.1, -0.05) is 13.0 Å². The van der Waals surface area contributed by atoms with Crippen LogP contribution >= 0.6 is 0 Å². The van der Waals surface area contributed by atoms with Crippen LogP contribution in [0.4, 0.5) is 4.39 Å². The van der Waals surface area contributed by atoms with E-state index in [9.17, 15) is 4.39 Å². The van der Waals surface area contributed by atoms with Gasteiger partial charge in [0.05, 0.1) is 12.8 Å². The van der Waals surface area contributed by atoms with E-state index in [-0.39, 0.29) is 5.82 Å². The van der Waals surface area contributed by atoms with Crippen LogP contribution in [0.5, 0.6) is 5.75 Å². The molecule has 0 spiro atoms. The lowest BCUT2D eigenvalue weighted by Crippen LogP contribution is -2.12. The molecule has 20 heavy (non-hydrogen) atoms. The molecule has 0 radical (unpaired) electrons. The first-order chi connectivity index (χ1) is 9.74. The first-order valence-corrected chi connectivity index (χ1v) is 6.82. The minimum atomic E-state index is -0.191. The van der Waals surface area contributed by atoms with Crippen LogP contribution in [0.2, 0.25) is 0 Å². The average molecular weight is 274 g/mol. The van der Waals surface area contributed by atoms with E-state index in [4.69, 9.17) is 4.74 Å². The minimum Gasteiger partial charge on any atom is -0.492 e. The van der Waals surface area contributed by atoms with Gasteiger partial charge in [0.25, 0.3) is 0 Å². The van der Waals surface area contributed by atoms with Crippen LogP contribution < -0.4 is 10.1 Å². The molecule has 0 saturated heterocycles. The molecular formula is C16H19FN2O. The zero-order chi connectivity index (χ0) is 14.4. The van der Waals surface area contributed by atoms with Crippen molar-refractivity contribution in [3.05, 3.63) is 48.0 Å². The fourth-order valence-electron chi connectivity index (χ4n) is 1.97. The monoisotopic (exact) mass is 274 g/mol. The summed E-state index contributed by atoms with van der Waals surface area (Å²) in [5, 5.41) is 3.14. The Morgan fingerprint density at radius 3 is 2.75 bits per heavy atom. The van der Waals surface area contributed by atoms with Crippen LogP contribution in [-0.2, 0) is 6.54 Å². The second kappa shape index (κ2) is 7.01. The highest BCUT2D eigenvalue weighted by atomic mass is 19.1. The highest BCUT2D eigenvalue weighted by molar-refractivity contribution is 5.64. The maximum absolute atomic E-state index is 13.7. The molecule has 0 aliphatic heterocycles. The number of pyridine rings is 1. The first-order valence-electron chi connectivity index (χ1n) is 6.82. The van der Waals surface area contributed by atoms with Crippen LogP contribution in [0.1, 0.15) is 19.4 Å². The molecule has 1 N–H and O–H groups in total. The second-order valence-corrected chi connectivity index (χ2v) is 4.43. The maximum Gasteiger partial charge on any atom is 0.138 e. The normalized spacial score (nSPS) is 10.6.